The van der Waals surface area contributed by atoms with Gasteiger partial charge in [-0.25, -0.2) is 9.79 Å². The number of nitrogens with one attached hydrogen (secondary N) is 3. The predicted molar refractivity (Wildman–Crippen MR) is 112 cm³/mol. The van der Waals surface area contributed by atoms with Gasteiger partial charge in [-0.1, -0.05) is 13.8 Å². The number of aromatic amines is 2. The van der Waals surface area contributed by atoms with E-state index >= 15 is 0 Å². The summed E-state index contributed by atoms with van der Waals surface area (Å²) in [6, 6.07) is 0.267. The van der Waals surface area contributed by atoms with Crippen LogP contribution in [0, 0.1) is 5.41 Å². The van der Waals surface area contributed by atoms with Crippen molar-refractivity contribution in [3.8, 4) is 5.88 Å². The number of aromatic nitrogens is 6. The molecule has 0 atom stereocenters. The van der Waals surface area contributed by atoms with Gasteiger partial charge in [0.2, 0.25) is 11.8 Å². The first-order chi connectivity index (χ1) is 14.2. The lowest BCUT2D eigenvalue weighted by Gasteiger charge is -2.28. The quantitative estimate of drug-likeness (QED) is 0.408. The molecule has 0 aromatic carbocycles. The van der Waals surface area contributed by atoms with Gasteiger partial charge in [-0.05, 0) is 38.4 Å². The first-order valence-corrected chi connectivity index (χ1v) is 9.91. The Labute approximate surface area is 172 Å². The van der Waals surface area contributed by atoms with Gasteiger partial charge < -0.3 is 20.3 Å². The van der Waals surface area contributed by atoms with Gasteiger partial charge in [0.15, 0.2) is 5.65 Å². The van der Waals surface area contributed by atoms with Crippen LogP contribution in [0.2, 0.25) is 0 Å². The van der Waals surface area contributed by atoms with Gasteiger partial charge in [0.05, 0.1) is 12.2 Å². The average Bonchev–Trinajstić information content (AvgIpc) is 3.28. The molecule has 0 unspecified atom stereocenters. The van der Waals surface area contributed by atoms with Gasteiger partial charge in [-0.2, -0.15) is 19.6 Å². The van der Waals surface area contributed by atoms with Crippen molar-refractivity contribution < 1.29 is 5.11 Å². The molecule has 0 aliphatic heterocycles. The summed E-state index contributed by atoms with van der Waals surface area (Å²) in [5.74, 6) is 0.232. The van der Waals surface area contributed by atoms with Gasteiger partial charge in [0, 0.05) is 18.3 Å². The van der Waals surface area contributed by atoms with Crippen molar-refractivity contribution in [3.05, 3.63) is 33.2 Å². The van der Waals surface area contributed by atoms with Crippen LogP contribution >= 0.6 is 0 Å². The van der Waals surface area contributed by atoms with Crippen molar-refractivity contribution in [2.24, 2.45) is 10.4 Å². The van der Waals surface area contributed by atoms with Crippen LogP contribution in [0.4, 0.5) is 5.95 Å². The maximum atomic E-state index is 11.4. The molecule has 1 aliphatic carbocycles. The minimum atomic E-state index is -0.486. The number of imidazole rings is 1. The van der Waals surface area contributed by atoms with Crippen LogP contribution < -0.4 is 21.8 Å². The number of hydrogen-bond acceptors (Lipinski definition) is 8. The Morgan fingerprint density at radius 1 is 1.37 bits per heavy atom. The van der Waals surface area contributed by atoms with Crippen LogP contribution in [-0.4, -0.2) is 72.8 Å². The lowest BCUT2D eigenvalue weighted by Crippen LogP contribution is -2.35. The molecule has 160 valence electrons. The molecule has 0 spiro atoms. The van der Waals surface area contributed by atoms with Crippen LogP contribution in [0.5, 0.6) is 5.88 Å². The molecule has 30 heavy (non-hydrogen) atoms. The second-order valence-electron chi connectivity index (χ2n) is 8.78. The third kappa shape index (κ3) is 4.51. The van der Waals surface area contributed by atoms with Crippen molar-refractivity contribution >= 4 is 17.7 Å². The number of H-pyrrole nitrogens is 2. The largest absolute Gasteiger partial charge is 0.493 e. The Morgan fingerprint density at radius 2 is 2.13 bits per heavy atom. The minimum absolute atomic E-state index is 0.0123. The number of rotatable bonds is 7. The van der Waals surface area contributed by atoms with E-state index in [1.807, 2.05) is 14.1 Å². The fourth-order valence-corrected chi connectivity index (χ4v) is 3.39. The van der Waals surface area contributed by atoms with E-state index in [-0.39, 0.29) is 23.0 Å². The summed E-state index contributed by atoms with van der Waals surface area (Å²) >= 11 is 0. The molecular weight excluding hydrogens is 386 g/mol. The van der Waals surface area contributed by atoms with Crippen LogP contribution in [0.25, 0.3) is 11.7 Å². The highest BCUT2D eigenvalue weighted by atomic mass is 16.3. The van der Waals surface area contributed by atoms with Crippen LogP contribution in [0.1, 0.15) is 32.4 Å². The predicted octanol–water partition coefficient (Wildman–Crippen LogP) is -0.543. The number of hydrogen-bond donors (Lipinski definition) is 4. The Hall–Kier alpha value is -3.21. The maximum absolute atomic E-state index is 11.4. The Balaban J connectivity index is 1.76. The fourth-order valence-electron chi connectivity index (χ4n) is 3.39. The van der Waals surface area contributed by atoms with Crippen molar-refractivity contribution in [3.63, 3.8) is 0 Å². The van der Waals surface area contributed by atoms with E-state index in [2.05, 4.69) is 54.1 Å². The summed E-state index contributed by atoms with van der Waals surface area (Å²) in [7, 11) is 4.10. The van der Waals surface area contributed by atoms with Crippen LogP contribution in [-0.2, 0) is 0 Å². The van der Waals surface area contributed by atoms with Gasteiger partial charge in [-0.15, -0.1) is 0 Å². The highest BCUT2D eigenvalue weighted by Crippen LogP contribution is 2.22. The monoisotopic (exact) mass is 413 g/mol. The minimum Gasteiger partial charge on any atom is -0.493 e. The first-order valence-electron chi connectivity index (χ1n) is 9.91. The second kappa shape index (κ2) is 7.56. The van der Waals surface area contributed by atoms with Crippen LogP contribution in [0.3, 0.4) is 0 Å². The van der Waals surface area contributed by atoms with E-state index in [1.165, 1.54) is 0 Å². The molecule has 1 saturated carbocycles. The smallest absolute Gasteiger partial charge is 0.326 e. The summed E-state index contributed by atoms with van der Waals surface area (Å²) in [6.07, 6.45) is 5.31. The van der Waals surface area contributed by atoms with E-state index in [0.29, 0.717) is 29.0 Å². The molecule has 0 radical (unpaired) electrons. The van der Waals surface area contributed by atoms with E-state index in [0.717, 1.165) is 19.4 Å². The summed E-state index contributed by atoms with van der Waals surface area (Å²) in [5.41, 5.74) is 0.814. The zero-order chi connectivity index (χ0) is 21.5. The third-order valence-corrected chi connectivity index (χ3v) is 4.73. The zero-order valence-electron chi connectivity index (χ0n) is 17.6. The molecule has 3 aromatic heterocycles. The Bertz CT molecular complexity index is 1230. The van der Waals surface area contributed by atoms with Crippen molar-refractivity contribution in [2.45, 2.75) is 32.7 Å². The summed E-state index contributed by atoms with van der Waals surface area (Å²) < 4.78 is 1.59. The summed E-state index contributed by atoms with van der Waals surface area (Å²) in [6.45, 7) is 5.95. The molecule has 1 fully saturated rings. The standard InChI is InChI=1S/C19H27N9O2/c1-19(2,10-27(3)4)9-20-16-24-14-11(7-13-15(29)25-18(30)23-13)8-21-28(14)17(26-16)22-12-5-6-12/h7-8,12,29H,5-6,9-10H2,1-4H3,(H,20,22,26)(H2,23,25,30). The normalized spacial score (nSPS) is 16.2. The molecule has 3 heterocycles. The van der Waals surface area contributed by atoms with Crippen molar-refractivity contribution in [1.82, 2.24) is 34.4 Å². The van der Waals surface area contributed by atoms with E-state index < -0.39 is 5.69 Å². The number of anilines is 1. The van der Waals surface area contributed by atoms with Gasteiger partial charge in [0.1, 0.15) is 5.69 Å². The molecular formula is C19H27N9O2. The Morgan fingerprint density at radius 3 is 2.77 bits per heavy atom. The molecule has 4 N–H and O–H groups in total. The second-order valence-corrected chi connectivity index (χ2v) is 8.78. The van der Waals surface area contributed by atoms with Gasteiger partial charge >= 0.3 is 5.69 Å². The van der Waals surface area contributed by atoms with Crippen molar-refractivity contribution in [1.29, 1.82) is 0 Å². The molecule has 1 aliphatic rings. The van der Waals surface area contributed by atoms with E-state index in [4.69, 9.17) is 0 Å². The maximum Gasteiger partial charge on any atom is 0.326 e. The Kier molecular flexibility index (Phi) is 5.06. The summed E-state index contributed by atoms with van der Waals surface area (Å²) in [5, 5.41) is 18.2. The highest BCUT2D eigenvalue weighted by Gasteiger charge is 2.22. The molecule has 3 aromatic rings. The first kappa shape index (κ1) is 20.1. The van der Waals surface area contributed by atoms with E-state index in [9.17, 15) is 9.90 Å². The van der Waals surface area contributed by atoms with Gasteiger partial charge in [-0.3, -0.25) is 4.98 Å². The van der Waals surface area contributed by atoms with E-state index in [1.54, 1.807) is 16.8 Å². The highest BCUT2D eigenvalue weighted by molar-refractivity contribution is 5.57. The molecule has 11 nitrogen and oxygen atoms in total. The number of fused-ring (bicyclic) bond motifs is 1. The molecule has 0 amide bonds. The van der Waals surface area contributed by atoms with Crippen molar-refractivity contribution in [2.75, 3.05) is 32.5 Å². The third-order valence-electron chi connectivity index (χ3n) is 4.73. The lowest BCUT2D eigenvalue weighted by atomic mass is 9.93. The summed E-state index contributed by atoms with van der Waals surface area (Å²) in [4.78, 5) is 32.3. The lowest BCUT2D eigenvalue weighted by molar-refractivity contribution is 0.254. The number of aromatic hydroxyl groups is 1. The average molecular weight is 413 g/mol. The molecule has 11 heteroatoms. The van der Waals surface area contributed by atoms with Gasteiger partial charge in [0.25, 0.3) is 5.62 Å². The molecule has 4 rings (SSSR count). The molecule has 0 saturated heterocycles. The number of nitrogens with zero attached hydrogens (tertiary/aromatic N) is 6. The topological polar surface area (TPSA) is 140 Å². The molecule has 0 bridgehead atoms. The fraction of sp³-hybridized carbons (Fsp3) is 0.526. The zero-order valence-corrected chi connectivity index (χ0v) is 17.6. The SMILES string of the molecule is CN(C)CC(C)(C)CNc1nc(=NC2CC2)n2ncc(=Cc3[nH]c(=O)[nH]c3O)c2n1. The van der Waals surface area contributed by atoms with Crippen LogP contribution in [0.15, 0.2) is 16.0 Å².